The number of thioether (sulfide) groups is 1. The minimum absolute atomic E-state index is 0.167. The van der Waals surface area contributed by atoms with Crippen LogP contribution in [0.15, 0.2) is 64.4 Å². The fourth-order valence-electron chi connectivity index (χ4n) is 3.47. The van der Waals surface area contributed by atoms with Crippen molar-refractivity contribution in [2.24, 2.45) is 0 Å². The maximum atomic E-state index is 14.1. The number of ether oxygens (including phenoxy) is 2. The molecule has 30 heavy (non-hydrogen) atoms. The van der Waals surface area contributed by atoms with Gasteiger partial charge in [-0.05, 0) is 37.3 Å². The van der Waals surface area contributed by atoms with E-state index in [9.17, 15) is 4.39 Å². The summed E-state index contributed by atoms with van der Waals surface area (Å²) in [4.78, 5) is 0. The molecule has 2 aromatic carbocycles. The number of fused-ring (bicyclic) bond motifs is 1. The van der Waals surface area contributed by atoms with Gasteiger partial charge in [0.25, 0.3) is 0 Å². The summed E-state index contributed by atoms with van der Waals surface area (Å²) >= 11 is 1.47. The summed E-state index contributed by atoms with van der Waals surface area (Å²) in [6, 6.07) is 14.7. The van der Waals surface area contributed by atoms with Crippen molar-refractivity contribution in [2.75, 3.05) is 6.79 Å². The van der Waals surface area contributed by atoms with Crippen molar-refractivity contribution in [1.82, 2.24) is 14.8 Å². The van der Waals surface area contributed by atoms with Crippen LogP contribution >= 0.6 is 11.8 Å². The quantitative estimate of drug-likeness (QED) is 0.415. The van der Waals surface area contributed by atoms with Crippen LogP contribution in [0.2, 0.25) is 0 Å². The Morgan fingerprint density at radius 1 is 1.13 bits per heavy atom. The van der Waals surface area contributed by atoms with Gasteiger partial charge in [-0.15, -0.1) is 10.2 Å². The van der Waals surface area contributed by atoms with Crippen LogP contribution in [-0.4, -0.2) is 21.6 Å². The molecule has 0 spiro atoms. The highest BCUT2D eigenvalue weighted by molar-refractivity contribution is 7.98. The molecule has 0 N–H and O–H groups in total. The van der Waals surface area contributed by atoms with Gasteiger partial charge >= 0.3 is 0 Å². The minimum Gasteiger partial charge on any atom is -0.469 e. The number of para-hydroxylation sites is 1. The number of benzene rings is 2. The van der Waals surface area contributed by atoms with Crippen LogP contribution in [0.5, 0.6) is 5.75 Å². The lowest BCUT2D eigenvalue weighted by atomic mass is 10.1. The van der Waals surface area contributed by atoms with Crippen molar-refractivity contribution in [1.29, 1.82) is 0 Å². The zero-order valence-electron chi connectivity index (χ0n) is 16.2. The Labute approximate surface area is 176 Å². The largest absolute Gasteiger partial charge is 0.469 e. The molecule has 8 heteroatoms. The molecule has 2 aromatic heterocycles. The highest BCUT2D eigenvalue weighted by Crippen LogP contribution is 2.36. The van der Waals surface area contributed by atoms with Crippen LogP contribution in [-0.2, 0) is 17.1 Å². The first-order chi connectivity index (χ1) is 14.7. The van der Waals surface area contributed by atoms with Crippen LogP contribution in [0, 0.1) is 12.7 Å². The Kier molecular flexibility index (Phi) is 5.02. The third kappa shape index (κ3) is 3.48. The maximum Gasteiger partial charge on any atom is 0.196 e. The molecule has 4 aromatic rings. The lowest BCUT2D eigenvalue weighted by Crippen LogP contribution is -2.13. The molecule has 1 aliphatic heterocycles. The molecule has 0 radical (unpaired) electrons. The van der Waals surface area contributed by atoms with Crippen molar-refractivity contribution in [2.45, 2.75) is 24.4 Å². The number of hydrogen-bond donors (Lipinski definition) is 0. The zero-order valence-corrected chi connectivity index (χ0v) is 17.0. The van der Waals surface area contributed by atoms with E-state index in [1.807, 2.05) is 47.9 Å². The molecule has 1 aliphatic rings. The van der Waals surface area contributed by atoms with Crippen molar-refractivity contribution in [3.05, 3.63) is 77.5 Å². The smallest absolute Gasteiger partial charge is 0.196 e. The highest BCUT2D eigenvalue weighted by atomic mass is 32.2. The summed E-state index contributed by atoms with van der Waals surface area (Å²) in [6.07, 6.45) is 1.64. The van der Waals surface area contributed by atoms with E-state index in [4.69, 9.17) is 13.9 Å². The number of halogens is 1. The average molecular weight is 423 g/mol. The van der Waals surface area contributed by atoms with E-state index in [0.717, 1.165) is 28.1 Å². The van der Waals surface area contributed by atoms with E-state index in [1.165, 1.54) is 23.9 Å². The Balaban J connectivity index is 1.53. The van der Waals surface area contributed by atoms with Crippen LogP contribution in [0.25, 0.3) is 17.1 Å². The Morgan fingerprint density at radius 2 is 2.00 bits per heavy atom. The van der Waals surface area contributed by atoms with E-state index in [0.29, 0.717) is 29.1 Å². The molecule has 0 saturated heterocycles. The lowest BCUT2D eigenvalue weighted by molar-refractivity contribution is -0.0171. The van der Waals surface area contributed by atoms with Gasteiger partial charge in [0, 0.05) is 22.6 Å². The average Bonchev–Trinajstić information content (AvgIpc) is 3.38. The second kappa shape index (κ2) is 7.97. The number of rotatable bonds is 5. The van der Waals surface area contributed by atoms with E-state index < -0.39 is 0 Å². The summed E-state index contributed by atoms with van der Waals surface area (Å²) in [7, 11) is 0. The fraction of sp³-hybridized carbons (Fsp3) is 0.182. The Bertz CT molecular complexity index is 1190. The first-order valence-corrected chi connectivity index (χ1v) is 10.4. The number of furan rings is 1. The van der Waals surface area contributed by atoms with Gasteiger partial charge in [-0.1, -0.05) is 30.0 Å². The molecule has 5 rings (SSSR count). The number of hydrogen-bond acceptors (Lipinski definition) is 6. The monoisotopic (exact) mass is 423 g/mol. The van der Waals surface area contributed by atoms with Crippen LogP contribution in [0.3, 0.4) is 0 Å². The van der Waals surface area contributed by atoms with Crippen molar-refractivity contribution >= 4 is 11.8 Å². The third-order valence-electron chi connectivity index (χ3n) is 4.86. The standard InChI is InChI=1S/C22H18FN3O3S/c1-14-19(7-8-28-14)21-24-25-22(26(21)18-5-3-2-4-6-18)30-12-16-10-17(23)9-15-11-27-13-29-20(15)16/h2-10H,11-13H2,1H3. The predicted molar refractivity (Wildman–Crippen MR) is 110 cm³/mol. The first kappa shape index (κ1) is 18.9. The van der Waals surface area contributed by atoms with Crippen LogP contribution < -0.4 is 4.74 Å². The van der Waals surface area contributed by atoms with Crippen molar-refractivity contribution in [3.63, 3.8) is 0 Å². The molecular formula is C22H18FN3O3S. The summed E-state index contributed by atoms with van der Waals surface area (Å²) in [5.74, 6) is 2.32. The topological polar surface area (TPSA) is 62.3 Å². The molecule has 6 nitrogen and oxygen atoms in total. The van der Waals surface area contributed by atoms with Gasteiger partial charge in [-0.2, -0.15) is 0 Å². The van der Waals surface area contributed by atoms with Crippen molar-refractivity contribution < 1.29 is 18.3 Å². The Hall–Kier alpha value is -3.10. The van der Waals surface area contributed by atoms with Gasteiger partial charge in [0.15, 0.2) is 17.8 Å². The zero-order chi connectivity index (χ0) is 20.5. The molecular weight excluding hydrogens is 405 g/mol. The predicted octanol–water partition coefficient (Wildman–Crippen LogP) is 5.13. The second-order valence-corrected chi connectivity index (χ2v) is 7.76. The van der Waals surface area contributed by atoms with E-state index in [-0.39, 0.29) is 12.6 Å². The summed E-state index contributed by atoms with van der Waals surface area (Å²) in [5, 5.41) is 9.53. The molecule has 0 saturated carbocycles. The van der Waals surface area contributed by atoms with Crippen LogP contribution in [0.1, 0.15) is 16.9 Å². The fourth-order valence-corrected chi connectivity index (χ4v) is 4.39. The van der Waals surface area contributed by atoms with Crippen LogP contribution in [0.4, 0.5) is 4.39 Å². The van der Waals surface area contributed by atoms with E-state index >= 15 is 0 Å². The SMILES string of the molecule is Cc1occc1-c1nnc(SCc2cc(F)cc3c2OCOC3)n1-c1ccccc1. The van der Waals surface area contributed by atoms with E-state index in [1.54, 1.807) is 6.26 Å². The second-order valence-electron chi connectivity index (χ2n) is 6.82. The number of nitrogens with zero attached hydrogens (tertiary/aromatic N) is 3. The normalized spacial score (nSPS) is 13.1. The number of aromatic nitrogens is 3. The minimum atomic E-state index is -0.308. The van der Waals surface area contributed by atoms with Gasteiger partial charge in [-0.25, -0.2) is 4.39 Å². The summed E-state index contributed by atoms with van der Waals surface area (Å²) in [6.45, 7) is 2.40. The van der Waals surface area contributed by atoms with Gasteiger partial charge in [0.05, 0.1) is 18.4 Å². The van der Waals surface area contributed by atoms with Crippen molar-refractivity contribution in [3.8, 4) is 22.8 Å². The molecule has 0 aliphatic carbocycles. The van der Waals surface area contributed by atoms with Gasteiger partial charge in [-0.3, -0.25) is 4.57 Å². The molecule has 152 valence electrons. The lowest BCUT2D eigenvalue weighted by Gasteiger charge is -2.20. The molecule has 0 fully saturated rings. The molecule has 0 unspecified atom stereocenters. The molecule has 0 amide bonds. The number of aryl methyl sites for hydroxylation is 1. The molecule has 3 heterocycles. The van der Waals surface area contributed by atoms with E-state index in [2.05, 4.69) is 10.2 Å². The van der Waals surface area contributed by atoms with Gasteiger partial charge in [0.2, 0.25) is 0 Å². The third-order valence-corrected chi connectivity index (χ3v) is 5.83. The summed E-state index contributed by atoms with van der Waals surface area (Å²) in [5.41, 5.74) is 3.30. The summed E-state index contributed by atoms with van der Waals surface area (Å²) < 4.78 is 32.5. The molecule has 0 bridgehead atoms. The van der Waals surface area contributed by atoms with Gasteiger partial charge in [0.1, 0.15) is 17.3 Å². The first-order valence-electron chi connectivity index (χ1n) is 9.40. The molecule has 0 atom stereocenters. The highest BCUT2D eigenvalue weighted by Gasteiger charge is 2.21. The van der Waals surface area contributed by atoms with Gasteiger partial charge < -0.3 is 13.9 Å². The Morgan fingerprint density at radius 3 is 2.80 bits per heavy atom. The maximum absolute atomic E-state index is 14.1.